The Morgan fingerprint density at radius 2 is 1.30 bits per heavy atom. The lowest BCUT2D eigenvalue weighted by Gasteiger charge is -2.11. The molecule has 0 aliphatic rings. The van der Waals surface area contributed by atoms with E-state index in [-0.39, 0.29) is 0 Å². The Balaban J connectivity index is 1.78. The molecule has 2 rings (SSSR count). The minimum atomic E-state index is -1.06. The fraction of sp³-hybridized carbons (Fsp3) is 0.500. The number of aliphatic hydroxyl groups is 1. The molecule has 0 aliphatic carbocycles. The highest BCUT2D eigenvalue weighted by molar-refractivity contribution is 5.77. The molecule has 0 radical (unpaired) electrons. The Labute approximate surface area is 181 Å². The number of unbranched alkanes of at least 4 members (excludes halogenated alkanes) is 6. The Bertz CT molecular complexity index is 722. The zero-order valence-corrected chi connectivity index (χ0v) is 18.4. The second kappa shape index (κ2) is 13.8. The summed E-state index contributed by atoms with van der Waals surface area (Å²) in [5.74, 6) is 0.736. The van der Waals surface area contributed by atoms with Gasteiger partial charge in [0.25, 0.3) is 0 Å². The Morgan fingerprint density at radius 1 is 0.767 bits per heavy atom. The van der Waals surface area contributed by atoms with Crippen LogP contribution in [0.25, 0.3) is 11.1 Å². The predicted octanol–water partition coefficient (Wildman–Crippen LogP) is 6.55. The maximum absolute atomic E-state index is 11.9. The van der Waals surface area contributed by atoms with Crippen LogP contribution in [0.15, 0.2) is 48.5 Å². The van der Waals surface area contributed by atoms with Gasteiger partial charge in [0.2, 0.25) is 0 Å². The van der Waals surface area contributed by atoms with Crippen molar-refractivity contribution in [1.82, 2.24) is 0 Å². The van der Waals surface area contributed by atoms with E-state index in [1.165, 1.54) is 32.1 Å². The number of benzene rings is 2. The van der Waals surface area contributed by atoms with Crippen molar-refractivity contribution in [2.75, 3.05) is 6.61 Å². The third-order valence-electron chi connectivity index (χ3n) is 5.13. The van der Waals surface area contributed by atoms with Crippen LogP contribution in [0.2, 0.25) is 0 Å². The van der Waals surface area contributed by atoms with Crippen molar-refractivity contribution >= 4 is 5.97 Å². The van der Waals surface area contributed by atoms with Crippen molar-refractivity contribution in [1.29, 1.82) is 0 Å². The van der Waals surface area contributed by atoms with Crippen LogP contribution in [0.3, 0.4) is 0 Å². The van der Waals surface area contributed by atoms with Crippen molar-refractivity contribution in [3.63, 3.8) is 0 Å². The van der Waals surface area contributed by atoms with Crippen LogP contribution in [0.1, 0.15) is 71.6 Å². The van der Waals surface area contributed by atoms with E-state index in [2.05, 4.69) is 6.92 Å². The fourth-order valence-corrected chi connectivity index (χ4v) is 3.23. The highest BCUT2D eigenvalue weighted by atomic mass is 16.5. The molecular formula is C26H36O4. The van der Waals surface area contributed by atoms with Crippen molar-refractivity contribution in [3.05, 3.63) is 48.5 Å². The van der Waals surface area contributed by atoms with E-state index in [0.717, 1.165) is 42.7 Å². The molecule has 0 saturated carbocycles. The molecule has 0 unspecified atom stereocenters. The van der Waals surface area contributed by atoms with Crippen molar-refractivity contribution in [2.24, 2.45) is 0 Å². The maximum Gasteiger partial charge on any atom is 0.340 e. The summed E-state index contributed by atoms with van der Waals surface area (Å²) >= 11 is 0. The van der Waals surface area contributed by atoms with Gasteiger partial charge in [-0.25, -0.2) is 4.79 Å². The second-order valence-electron chi connectivity index (χ2n) is 7.74. The van der Waals surface area contributed by atoms with E-state index in [9.17, 15) is 9.90 Å². The molecule has 0 aliphatic heterocycles. The van der Waals surface area contributed by atoms with Gasteiger partial charge >= 0.3 is 5.97 Å². The molecule has 4 nitrogen and oxygen atoms in total. The number of esters is 1. The summed E-state index contributed by atoms with van der Waals surface area (Å²) in [5, 5.41) is 9.81. The number of carbonyl (C=O) groups is 1. The third-order valence-corrected chi connectivity index (χ3v) is 5.13. The van der Waals surface area contributed by atoms with Gasteiger partial charge in [-0.1, -0.05) is 83.1 Å². The Kier molecular flexibility index (Phi) is 11.0. The average molecular weight is 413 g/mol. The van der Waals surface area contributed by atoms with E-state index in [4.69, 9.17) is 9.47 Å². The zero-order chi connectivity index (χ0) is 21.6. The summed E-state index contributed by atoms with van der Waals surface area (Å²) < 4.78 is 11.1. The van der Waals surface area contributed by atoms with Crippen molar-refractivity contribution in [2.45, 2.75) is 77.7 Å². The first-order chi connectivity index (χ1) is 14.6. The summed E-state index contributed by atoms with van der Waals surface area (Å²) in [7, 11) is 0. The highest BCUT2D eigenvalue weighted by Gasteiger charge is 2.16. The predicted molar refractivity (Wildman–Crippen MR) is 122 cm³/mol. The number of hydrogen-bond donors (Lipinski definition) is 1. The first-order valence-corrected chi connectivity index (χ1v) is 11.4. The summed E-state index contributed by atoms with van der Waals surface area (Å²) in [4.78, 5) is 11.9. The van der Waals surface area contributed by atoms with Crippen LogP contribution in [0.4, 0.5) is 0 Å². The molecule has 1 N–H and O–H groups in total. The van der Waals surface area contributed by atoms with Gasteiger partial charge in [-0.2, -0.15) is 0 Å². The molecule has 30 heavy (non-hydrogen) atoms. The molecule has 0 heterocycles. The van der Waals surface area contributed by atoms with E-state index >= 15 is 0 Å². The topological polar surface area (TPSA) is 55.8 Å². The average Bonchev–Trinajstić information content (AvgIpc) is 2.77. The second-order valence-corrected chi connectivity index (χ2v) is 7.74. The first-order valence-electron chi connectivity index (χ1n) is 11.4. The summed E-state index contributed by atoms with van der Waals surface area (Å²) in [6.45, 7) is 5.01. The smallest absolute Gasteiger partial charge is 0.340 e. The summed E-state index contributed by atoms with van der Waals surface area (Å²) in [6, 6.07) is 15.4. The monoisotopic (exact) mass is 412 g/mol. The first kappa shape index (κ1) is 23.9. The highest BCUT2D eigenvalue weighted by Crippen LogP contribution is 2.25. The minimum Gasteiger partial charge on any atom is -0.494 e. The van der Waals surface area contributed by atoms with E-state index in [1.54, 1.807) is 12.1 Å². The van der Waals surface area contributed by atoms with Crippen LogP contribution in [0.5, 0.6) is 11.5 Å². The third kappa shape index (κ3) is 8.58. The number of hydrogen-bond acceptors (Lipinski definition) is 4. The van der Waals surface area contributed by atoms with Crippen LogP contribution >= 0.6 is 0 Å². The molecule has 0 amide bonds. The van der Waals surface area contributed by atoms with Crippen LogP contribution in [0, 0.1) is 0 Å². The maximum atomic E-state index is 11.9. The van der Waals surface area contributed by atoms with Gasteiger partial charge in [0.15, 0.2) is 6.10 Å². The zero-order valence-electron chi connectivity index (χ0n) is 18.4. The normalized spacial score (nSPS) is 11.8. The molecule has 0 bridgehead atoms. The minimum absolute atomic E-state index is 0.431. The van der Waals surface area contributed by atoms with Crippen molar-refractivity contribution in [3.8, 4) is 22.6 Å². The lowest BCUT2D eigenvalue weighted by atomic mass is 10.1. The summed E-state index contributed by atoms with van der Waals surface area (Å²) in [6.07, 6.45) is 8.64. The molecular weight excluding hydrogens is 376 g/mol. The van der Waals surface area contributed by atoms with Gasteiger partial charge in [-0.05, 0) is 48.2 Å². The molecule has 0 saturated heterocycles. The van der Waals surface area contributed by atoms with Crippen LogP contribution in [-0.2, 0) is 4.79 Å². The lowest BCUT2D eigenvalue weighted by molar-refractivity contribution is -0.144. The molecule has 0 aromatic heterocycles. The SMILES string of the molecule is CCCCCCCCOc1ccc(-c2ccc(OC(=O)[C@@H](O)CCCC)cc2)cc1. The largest absolute Gasteiger partial charge is 0.494 e. The molecule has 4 heteroatoms. The molecule has 0 fully saturated rings. The lowest BCUT2D eigenvalue weighted by Crippen LogP contribution is -2.25. The Morgan fingerprint density at radius 3 is 1.90 bits per heavy atom. The Hall–Kier alpha value is -2.33. The molecule has 2 aromatic carbocycles. The quantitative estimate of drug-likeness (QED) is 0.217. The van der Waals surface area contributed by atoms with Crippen LogP contribution in [-0.4, -0.2) is 23.8 Å². The van der Waals surface area contributed by atoms with E-state index in [1.807, 2.05) is 43.3 Å². The van der Waals surface area contributed by atoms with Gasteiger partial charge in [0.1, 0.15) is 11.5 Å². The number of rotatable bonds is 14. The van der Waals surface area contributed by atoms with Gasteiger partial charge in [0.05, 0.1) is 6.61 Å². The number of carbonyl (C=O) groups excluding carboxylic acids is 1. The summed E-state index contributed by atoms with van der Waals surface area (Å²) in [5.41, 5.74) is 2.10. The molecule has 1 atom stereocenters. The van der Waals surface area contributed by atoms with Gasteiger partial charge in [-0.3, -0.25) is 0 Å². The molecule has 164 valence electrons. The van der Waals surface area contributed by atoms with Gasteiger partial charge < -0.3 is 14.6 Å². The van der Waals surface area contributed by atoms with Crippen LogP contribution < -0.4 is 9.47 Å². The number of ether oxygens (including phenoxy) is 2. The fourth-order valence-electron chi connectivity index (χ4n) is 3.23. The van der Waals surface area contributed by atoms with Gasteiger partial charge in [0, 0.05) is 0 Å². The van der Waals surface area contributed by atoms with E-state index < -0.39 is 12.1 Å². The molecule has 0 spiro atoms. The molecule has 2 aromatic rings. The van der Waals surface area contributed by atoms with Crippen molar-refractivity contribution < 1.29 is 19.4 Å². The van der Waals surface area contributed by atoms with E-state index in [0.29, 0.717) is 12.2 Å². The standard InChI is InChI=1S/C26H36O4/c1-3-5-7-8-9-10-20-29-23-16-12-21(13-17-23)22-14-18-24(19-15-22)30-26(28)25(27)11-6-4-2/h12-19,25,27H,3-11,20H2,1-2H3/t25-/m0/s1. The van der Waals surface area contributed by atoms with Gasteiger partial charge in [-0.15, -0.1) is 0 Å². The number of aliphatic hydroxyl groups excluding tert-OH is 1.